The standard InChI is InChI=1S/C15H14BrClFNO2/c1-20-12-6-4-9(15(21-2)13(12)17)14(19)10-7-8(18)3-5-11(10)16/h3-7,14H,19H2,1-2H3. The summed E-state index contributed by atoms with van der Waals surface area (Å²) < 4.78 is 24.6. The first-order valence-electron chi connectivity index (χ1n) is 6.10. The van der Waals surface area contributed by atoms with E-state index in [1.807, 2.05) is 0 Å². The fraction of sp³-hybridized carbons (Fsp3) is 0.200. The Morgan fingerprint density at radius 3 is 2.48 bits per heavy atom. The minimum Gasteiger partial charge on any atom is -0.495 e. The second-order valence-electron chi connectivity index (χ2n) is 4.35. The minimum atomic E-state index is -0.589. The molecule has 0 aromatic heterocycles. The van der Waals surface area contributed by atoms with Gasteiger partial charge in [0.05, 0.1) is 20.3 Å². The molecule has 0 aliphatic heterocycles. The van der Waals surface area contributed by atoms with E-state index in [1.165, 1.54) is 26.4 Å². The summed E-state index contributed by atoms with van der Waals surface area (Å²) in [4.78, 5) is 0. The van der Waals surface area contributed by atoms with Crippen LogP contribution >= 0.6 is 27.5 Å². The molecular formula is C15H14BrClFNO2. The Morgan fingerprint density at radius 2 is 1.86 bits per heavy atom. The summed E-state index contributed by atoms with van der Waals surface area (Å²) >= 11 is 9.60. The third kappa shape index (κ3) is 3.15. The van der Waals surface area contributed by atoms with Crippen LogP contribution in [-0.2, 0) is 0 Å². The highest BCUT2D eigenvalue weighted by molar-refractivity contribution is 9.10. The van der Waals surface area contributed by atoms with Crippen LogP contribution in [0.25, 0.3) is 0 Å². The van der Waals surface area contributed by atoms with E-state index in [9.17, 15) is 4.39 Å². The summed E-state index contributed by atoms with van der Waals surface area (Å²) in [5.74, 6) is 0.546. The van der Waals surface area contributed by atoms with Crippen LogP contribution in [0.15, 0.2) is 34.8 Å². The second-order valence-corrected chi connectivity index (χ2v) is 5.58. The van der Waals surface area contributed by atoms with E-state index in [-0.39, 0.29) is 5.82 Å². The largest absolute Gasteiger partial charge is 0.495 e. The van der Waals surface area contributed by atoms with Crippen molar-refractivity contribution in [2.75, 3.05) is 14.2 Å². The summed E-state index contributed by atoms with van der Waals surface area (Å²) in [7, 11) is 3.01. The molecule has 3 nitrogen and oxygen atoms in total. The molecular weight excluding hydrogens is 361 g/mol. The van der Waals surface area contributed by atoms with Gasteiger partial charge in [-0.15, -0.1) is 0 Å². The maximum absolute atomic E-state index is 13.4. The lowest BCUT2D eigenvalue weighted by Crippen LogP contribution is -2.14. The van der Waals surface area contributed by atoms with Crippen LogP contribution < -0.4 is 15.2 Å². The summed E-state index contributed by atoms with van der Waals surface area (Å²) in [5.41, 5.74) is 7.50. The molecule has 21 heavy (non-hydrogen) atoms. The molecule has 0 amide bonds. The van der Waals surface area contributed by atoms with Crippen molar-refractivity contribution in [2.45, 2.75) is 6.04 Å². The van der Waals surface area contributed by atoms with E-state index >= 15 is 0 Å². The molecule has 0 heterocycles. The van der Waals surface area contributed by atoms with E-state index < -0.39 is 6.04 Å². The van der Waals surface area contributed by atoms with Crippen molar-refractivity contribution in [3.05, 3.63) is 56.8 Å². The van der Waals surface area contributed by atoms with Crippen molar-refractivity contribution in [2.24, 2.45) is 5.73 Å². The Labute approximate surface area is 135 Å². The number of hydrogen-bond donors (Lipinski definition) is 1. The van der Waals surface area contributed by atoms with Crippen molar-refractivity contribution in [1.82, 2.24) is 0 Å². The van der Waals surface area contributed by atoms with Crippen LogP contribution in [0.5, 0.6) is 11.5 Å². The first-order chi connectivity index (χ1) is 9.99. The zero-order valence-electron chi connectivity index (χ0n) is 11.5. The zero-order valence-corrected chi connectivity index (χ0v) is 13.8. The molecule has 0 radical (unpaired) electrons. The van der Waals surface area contributed by atoms with Gasteiger partial charge < -0.3 is 15.2 Å². The highest BCUT2D eigenvalue weighted by Gasteiger charge is 2.21. The van der Waals surface area contributed by atoms with Crippen molar-refractivity contribution < 1.29 is 13.9 Å². The average molecular weight is 375 g/mol. The minimum absolute atomic E-state index is 0.334. The fourth-order valence-electron chi connectivity index (χ4n) is 2.08. The first kappa shape index (κ1) is 16.1. The summed E-state index contributed by atoms with van der Waals surface area (Å²) in [6.45, 7) is 0. The SMILES string of the molecule is COc1ccc(C(N)c2cc(F)ccc2Br)c(OC)c1Cl. The first-order valence-corrected chi connectivity index (χ1v) is 7.27. The van der Waals surface area contributed by atoms with Crippen molar-refractivity contribution >= 4 is 27.5 Å². The summed E-state index contributed by atoms with van der Waals surface area (Å²) in [6.07, 6.45) is 0. The monoisotopic (exact) mass is 373 g/mol. The number of hydrogen-bond acceptors (Lipinski definition) is 3. The van der Waals surface area contributed by atoms with Crippen LogP contribution in [0, 0.1) is 5.82 Å². The van der Waals surface area contributed by atoms with Crippen molar-refractivity contribution in [3.8, 4) is 11.5 Å². The van der Waals surface area contributed by atoms with Crippen LogP contribution in [-0.4, -0.2) is 14.2 Å². The summed E-state index contributed by atoms with van der Waals surface area (Å²) in [6, 6.07) is 7.22. The molecule has 0 bridgehead atoms. The number of rotatable bonds is 4. The molecule has 1 atom stereocenters. The van der Waals surface area contributed by atoms with Gasteiger partial charge in [-0.05, 0) is 35.9 Å². The third-order valence-corrected chi connectivity index (χ3v) is 4.22. The van der Waals surface area contributed by atoms with Gasteiger partial charge in [0.1, 0.15) is 22.3 Å². The van der Waals surface area contributed by atoms with Crippen LogP contribution in [0.2, 0.25) is 5.02 Å². The van der Waals surface area contributed by atoms with Gasteiger partial charge >= 0.3 is 0 Å². The van der Waals surface area contributed by atoms with Gasteiger partial charge in [-0.2, -0.15) is 0 Å². The Hall–Kier alpha value is -1.30. The second kappa shape index (κ2) is 6.64. The smallest absolute Gasteiger partial charge is 0.146 e. The topological polar surface area (TPSA) is 44.5 Å². The molecule has 2 N–H and O–H groups in total. The van der Waals surface area contributed by atoms with Crippen LogP contribution in [0.3, 0.4) is 0 Å². The molecule has 0 aliphatic rings. The third-order valence-electron chi connectivity index (χ3n) is 3.14. The predicted octanol–water partition coefficient (Wildman–Crippen LogP) is 4.31. The number of nitrogens with two attached hydrogens (primary N) is 1. The number of ether oxygens (including phenoxy) is 2. The van der Waals surface area contributed by atoms with E-state index in [4.69, 9.17) is 26.8 Å². The fourth-order valence-corrected chi connectivity index (χ4v) is 2.90. The maximum atomic E-state index is 13.4. The van der Waals surface area contributed by atoms with E-state index in [1.54, 1.807) is 18.2 Å². The summed E-state index contributed by atoms with van der Waals surface area (Å²) in [5, 5.41) is 0.334. The van der Waals surface area contributed by atoms with Gasteiger partial charge in [-0.1, -0.05) is 27.5 Å². The average Bonchev–Trinajstić information content (AvgIpc) is 2.48. The Bertz CT molecular complexity index is 666. The maximum Gasteiger partial charge on any atom is 0.146 e. The van der Waals surface area contributed by atoms with Crippen molar-refractivity contribution in [3.63, 3.8) is 0 Å². The quantitative estimate of drug-likeness (QED) is 0.867. The lowest BCUT2D eigenvalue weighted by molar-refractivity contribution is 0.390. The highest BCUT2D eigenvalue weighted by atomic mass is 79.9. The molecule has 112 valence electrons. The molecule has 0 saturated carbocycles. The number of benzene rings is 2. The van der Waals surface area contributed by atoms with E-state index in [2.05, 4.69) is 15.9 Å². The molecule has 2 aromatic rings. The molecule has 6 heteroatoms. The van der Waals surface area contributed by atoms with Gasteiger partial charge in [0.2, 0.25) is 0 Å². The van der Waals surface area contributed by atoms with Crippen LogP contribution in [0.4, 0.5) is 4.39 Å². The van der Waals surface area contributed by atoms with Crippen molar-refractivity contribution in [1.29, 1.82) is 0 Å². The Morgan fingerprint density at radius 1 is 1.14 bits per heavy atom. The zero-order chi connectivity index (χ0) is 15.6. The normalized spacial score (nSPS) is 12.1. The lowest BCUT2D eigenvalue weighted by Gasteiger charge is -2.19. The lowest BCUT2D eigenvalue weighted by atomic mass is 9.98. The van der Waals surface area contributed by atoms with Gasteiger partial charge in [-0.3, -0.25) is 0 Å². The van der Waals surface area contributed by atoms with Crippen LogP contribution in [0.1, 0.15) is 17.2 Å². The predicted molar refractivity (Wildman–Crippen MR) is 84.7 cm³/mol. The van der Waals surface area contributed by atoms with Gasteiger partial charge in [-0.25, -0.2) is 4.39 Å². The molecule has 0 saturated heterocycles. The molecule has 0 aliphatic carbocycles. The molecule has 0 spiro atoms. The Kier molecular flexibility index (Phi) is 5.08. The van der Waals surface area contributed by atoms with E-state index in [0.717, 1.165) is 0 Å². The van der Waals surface area contributed by atoms with Gasteiger partial charge in [0.15, 0.2) is 0 Å². The van der Waals surface area contributed by atoms with Gasteiger partial charge in [0.25, 0.3) is 0 Å². The molecule has 0 fully saturated rings. The highest BCUT2D eigenvalue weighted by Crippen LogP contribution is 2.41. The molecule has 2 rings (SSSR count). The number of methoxy groups -OCH3 is 2. The number of halogens is 3. The van der Waals surface area contributed by atoms with Gasteiger partial charge in [0, 0.05) is 10.0 Å². The molecule has 2 aromatic carbocycles. The molecule has 1 unspecified atom stereocenters. The Balaban J connectivity index is 2.55. The van der Waals surface area contributed by atoms with E-state index in [0.29, 0.717) is 32.1 Å².